The minimum absolute atomic E-state index is 0. The number of hydrogen-bond acceptors (Lipinski definition) is 4. The average Bonchev–Trinajstić information content (AvgIpc) is 3.25. The minimum atomic E-state index is -0.533. The molecule has 3 N–H and O–H groups in total. The molecule has 9 heteroatoms. The molecule has 0 radical (unpaired) electrons. The highest BCUT2D eigenvalue weighted by Crippen LogP contribution is 2.16. The lowest BCUT2D eigenvalue weighted by molar-refractivity contribution is 0.0448. The summed E-state index contributed by atoms with van der Waals surface area (Å²) in [5.74, 6) is 0.683. The van der Waals surface area contributed by atoms with Gasteiger partial charge in [0.15, 0.2) is 5.96 Å². The van der Waals surface area contributed by atoms with Crippen molar-refractivity contribution in [2.24, 2.45) is 4.99 Å². The normalized spacial score (nSPS) is 12.0. The maximum Gasteiger partial charge on any atom is 0.408 e. The molecule has 1 heterocycles. The molecule has 0 aliphatic carbocycles. The van der Waals surface area contributed by atoms with Crippen molar-refractivity contribution in [2.45, 2.75) is 71.7 Å². The molecule has 0 unspecified atom stereocenters. The fourth-order valence-electron chi connectivity index (χ4n) is 3.33. The van der Waals surface area contributed by atoms with Crippen LogP contribution in [0.3, 0.4) is 0 Å². The summed E-state index contributed by atoms with van der Waals surface area (Å²) in [6.45, 7) is 11.7. The van der Waals surface area contributed by atoms with E-state index in [-0.39, 0.29) is 24.0 Å². The van der Waals surface area contributed by atoms with Crippen LogP contribution in [0.15, 0.2) is 48.0 Å². The number of guanidine groups is 1. The molecule has 1 aromatic heterocycles. The first-order valence-electron chi connectivity index (χ1n) is 11.2. The summed E-state index contributed by atoms with van der Waals surface area (Å²) >= 11 is 0. The smallest absolute Gasteiger partial charge is 0.408 e. The molecule has 33 heavy (non-hydrogen) atoms. The van der Waals surface area contributed by atoms with Crippen LogP contribution in [0.25, 0.3) is 0 Å². The van der Waals surface area contributed by atoms with E-state index >= 15 is 0 Å². The molecule has 0 aliphatic heterocycles. The number of alkyl carbamates (subject to hydrolysis) is 1. The van der Waals surface area contributed by atoms with Crippen LogP contribution < -0.4 is 16.0 Å². The second kappa shape index (κ2) is 13.4. The third kappa shape index (κ3) is 10.0. The highest BCUT2D eigenvalue weighted by Gasteiger charge is 2.30. The maximum atomic E-state index is 12.4. The summed E-state index contributed by atoms with van der Waals surface area (Å²) in [4.78, 5) is 20.8. The first-order valence-corrected chi connectivity index (χ1v) is 11.2. The number of nitrogens with one attached hydrogen (secondary N) is 3. The van der Waals surface area contributed by atoms with Crippen molar-refractivity contribution < 1.29 is 9.53 Å². The minimum Gasteiger partial charge on any atom is -0.444 e. The highest BCUT2D eigenvalue weighted by molar-refractivity contribution is 14.0. The lowest BCUT2D eigenvalue weighted by Crippen LogP contribution is -2.57. The molecule has 0 spiro atoms. The number of ether oxygens (including phenoxy) is 1. The summed E-state index contributed by atoms with van der Waals surface area (Å²) < 4.78 is 7.50. The fourth-order valence-corrected chi connectivity index (χ4v) is 3.33. The van der Waals surface area contributed by atoms with Crippen molar-refractivity contribution in [1.82, 2.24) is 25.5 Å². The van der Waals surface area contributed by atoms with E-state index < -0.39 is 17.2 Å². The first-order chi connectivity index (χ1) is 15.2. The number of nitrogens with zero attached hydrogens (tertiary/aromatic N) is 3. The van der Waals surface area contributed by atoms with E-state index in [2.05, 4.69) is 64.0 Å². The molecular formula is C24H39IN6O2. The lowest BCUT2D eigenvalue weighted by Gasteiger charge is -2.34. The zero-order valence-electron chi connectivity index (χ0n) is 20.6. The summed E-state index contributed by atoms with van der Waals surface area (Å²) in [5.41, 5.74) is 1.41. The molecule has 0 bridgehead atoms. The van der Waals surface area contributed by atoms with Gasteiger partial charge in [-0.25, -0.2) is 9.78 Å². The second-order valence-corrected chi connectivity index (χ2v) is 8.95. The number of aromatic nitrogens is 2. The number of rotatable bonds is 9. The van der Waals surface area contributed by atoms with Gasteiger partial charge in [0.05, 0.1) is 11.9 Å². The number of carbonyl (C=O) groups is 1. The number of imidazole rings is 1. The van der Waals surface area contributed by atoms with Crippen molar-refractivity contribution in [3.8, 4) is 0 Å². The van der Waals surface area contributed by atoms with E-state index in [1.807, 2.05) is 37.9 Å². The first kappa shape index (κ1) is 28.7. The largest absolute Gasteiger partial charge is 0.444 e. The molecule has 1 aromatic carbocycles. The Balaban J connectivity index is 0.00000544. The summed E-state index contributed by atoms with van der Waals surface area (Å²) in [7, 11) is 1.74. The Kier molecular flexibility index (Phi) is 11.7. The molecule has 184 valence electrons. The molecule has 0 fully saturated rings. The number of aliphatic imine (C=N–C) groups is 1. The third-order valence-corrected chi connectivity index (χ3v) is 5.31. The molecule has 0 aliphatic rings. The average molecular weight is 571 g/mol. The van der Waals surface area contributed by atoms with E-state index in [1.54, 1.807) is 13.2 Å². The van der Waals surface area contributed by atoms with Gasteiger partial charge in [-0.2, -0.15) is 0 Å². The predicted molar refractivity (Wildman–Crippen MR) is 144 cm³/mol. The molecule has 0 atom stereocenters. The van der Waals surface area contributed by atoms with Crippen molar-refractivity contribution in [1.29, 1.82) is 0 Å². The summed E-state index contributed by atoms with van der Waals surface area (Å²) in [6.07, 6.45) is 6.68. The van der Waals surface area contributed by atoms with Gasteiger partial charge in [-0.15, -0.1) is 24.0 Å². The van der Waals surface area contributed by atoms with Crippen LogP contribution >= 0.6 is 24.0 Å². The number of hydrogen-bond donors (Lipinski definition) is 3. The number of carbonyl (C=O) groups excluding carboxylic acids is 1. The Hall–Kier alpha value is -2.30. The molecule has 1 amide bonds. The van der Waals surface area contributed by atoms with Crippen LogP contribution in [-0.4, -0.2) is 46.3 Å². The van der Waals surface area contributed by atoms with Crippen molar-refractivity contribution in [2.75, 3.05) is 13.6 Å². The maximum absolute atomic E-state index is 12.4. The zero-order chi connectivity index (χ0) is 23.6. The molecule has 0 saturated carbocycles. The SMILES string of the molecule is CCC(CC)(CNC(=NC)NCc1cccc(Cn2ccnc2)c1)NC(=O)OC(C)(C)C.I. The van der Waals surface area contributed by atoms with Gasteiger partial charge in [-0.3, -0.25) is 4.99 Å². The van der Waals surface area contributed by atoms with Gasteiger partial charge < -0.3 is 25.3 Å². The fraction of sp³-hybridized carbons (Fsp3) is 0.542. The Morgan fingerprint density at radius 3 is 2.42 bits per heavy atom. The van der Waals surface area contributed by atoms with Crippen LogP contribution in [0.4, 0.5) is 4.79 Å². The quantitative estimate of drug-likeness (QED) is 0.238. The third-order valence-electron chi connectivity index (χ3n) is 5.31. The molecule has 2 aromatic rings. The molecule has 8 nitrogen and oxygen atoms in total. The van der Waals surface area contributed by atoms with Gasteiger partial charge in [-0.05, 0) is 44.7 Å². The van der Waals surface area contributed by atoms with Crippen molar-refractivity contribution in [3.63, 3.8) is 0 Å². The number of amides is 1. The molecule has 2 rings (SSSR count). The van der Waals surface area contributed by atoms with Crippen LogP contribution in [0.1, 0.15) is 58.6 Å². The van der Waals surface area contributed by atoms with Crippen molar-refractivity contribution in [3.05, 3.63) is 54.1 Å². The van der Waals surface area contributed by atoms with Crippen LogP contribution in [0.2, 0.25) is 0 Å². The van der Waals surface area contributed by atoms with E-state index in [0.717, 1.165) is 24.9 Å². The zero-order valence-corrected chi connectivity index (χ0v) is 23.0. The van der Waals surface area contributed by atoms with E-state index in [4.69, 9.17) is 4.74 Å². The van der Waals surface area contributed by atoms with Gasteiger partial charge in [0.25, 0.3) is 0 Å². The predicted octanol–water partition coefficient (Wildman–Crippen LogP) is 4.30. The van der Waals surface area contributed by atoms with Gasteiger partial charge in [-0.1, -0.05) is 38.1 Å². The monoisotopic (exact) mass is 570 g/mol. The Labute approximate surface area is 215 Å². The lowest BCUT2D eigenvalue weighted by atomic mass is 9.93. The van der Waals surface area contributed by atoms with E-state index in [0.29, 0.717) is 19.0 Å². The van der Waals surface area contributed by atoms with Gasteiger partial charge in [0.1, 0.15) is 5.60 Å². The molecular weight excluding hydrogens is 531 g/mol. The standard InChI is InChI=1S/C24H38N6O2.HI/c1-7-24(8-2,29-22(31)32-23(3,4)5)17-28-21(25-6)27-15-19-10-9-11-20(14-19)16-30-13-12-26-18-30;/h9-14,18H,7-8,15-17H2,1-6H3,(H,29,31)(H2,25,27,28);1H. The van der Waals surface area contributed by atoms with Crippen molar-refractivity contribution >= 4 is 36.0 Å². The second-order valence-electron chi connectivity index (χ2n) is 8.95. The van der Waals surface area contributed by atoms with E-state index in [1.165, 1.54) is 5.56 Å². The Morgan fingerprint density at radius 2 is 1.85 bits per heavy atom. The van der Waals surface area contributed by atoms with Crippen LogP contribution in [-0.2, 0) is 17.8 Å². The van der Waals surface area contributed by atoms with Crippen LogP contribution in [0, 0.1) is 0 Å². The Morgan fingerprint density at radius 1 is 1.15 bits per heavy atom. The van der Waals surface area contributed by atoms with E-state index in [9.17, 15) is 4.79 Å². The molecule has 0 saturated heterocycles. The Bertz CT molecular complexity index is 873. The summed E-state index contributed by atoms with van der Waals surface area (Å²) in [6, 6.07) is 8.43. The topological polar surface area (TPSA) is 92.6 Å². The highest BCUT2D eigenvalue weighted by atomic mass is 127. The number of halogens is 1. The van der Waals surface area contributed by atoms with Gasteiger partial charge in [0, 0.05) is 39.1 Å². The summed E-state index contributed by atoms with van der Waals surface area (Å²) in [5, 5.41) is 9.77. The van der Waals surface area contributed by atoms with Gasteiger partial charge >= 0.3 is 6.09 Å². The van der Waals surface area contributed by atoms with Gasteiger partial charge in [0.2, 0.25) is 0 Å². The number of benzene rings is 1. The van der Waals surface area contributed by atoms with Crippen LogP contribution in [0.5, 0.6) is 0 Å².